The number of alkyl carbamates (subject to hydrolysis) is 1. The number of hydrogen-bond acceptors (Lipinski definition) is 6. The highest BCUT2D eigenvalue weighted by Gasteiger charge is 2.38. The zero-order valence-electron chi connectivity index (χ0n) is 21.4. The van der Waals surface area contributed by atoms with Gasteiger partial charge < -0.3 is 36.8 Å². The van der Waals surface area contributed by atoms with Crippen LogP contribution in [-0.4, -0.2) is 52.8 Å². The highest BCUT2D eigenvalue weighted by atomic mass is 16.6. The molecular weight excluding hydrogens is 454 g/mol. The molecule has 0 aliphatic carbocycles. The van der Waals surface area contributed by atoms with Crippen LogP contribution in [0, 0.1) is 5.92 Å². The lowest BCUT2D eigenvalue weighted by Crippen LogP contribution is -2.60. The molecule has 1 aromatic carbocycles. The second-order valence-electron chi connectivity index (χ2n) is 9.89. The van der Waals surface area contributed by atoms with Gasteiger partial charge in [-0.25, -0.2) is 9.59 Å². The van der Waals surface area contributed by atoms with Crippen molar-refractivity contribution in [1.29, 1.82) is 0 Å². The van der Waals surface area contributed by atoms with E-state index in [0.717, 1.165) is 0 Å². The number of carbonyl (C=O) groups is 4. The van der Waals surface area contributed by atoms with Crippen LogP contribution < -0.4 is 27.0 Å². The van der Waals surface area contributed by atoms with Gasteiger partial charge in [-0.15, -0.1) is 0 Å². The zero-order valence-corrected chi connectivity index (χ0v) is 21.4. The summed E-state index contributed by atoms with van der Waals surface area (Å²) >= 11 is 0. The largest absolute Gasteiger partial charge is 0.444 e. The van der Waals surface area contributed by atoms with E-state index >= 15 is 0 Å². The van der Waals surface area contributed by atoms with Crippen LogP contribution in [-0.2, 0) is 20.9 Å². The van der Waals surface area contributed by atoms with E-state index in [0.29, 0.717) is 17.7 Å². The molecule has 11 nitrogen and oxygen atoms in total. The first kappa shape index (κ1) is 29.7. The van der Waals surface area contributed by atoms with E-state index in [-0.39, 0.29) is 25.5 Å². The van der Waals surface area contributed by atoms with Crippen molar-refractivity contribution in [2.24, 2.45) is 11.7 Å². The molecule has 1 aromatic rings. The van der Waals surface area contributed by atoms with Crippen LogP contribution in [0.2, 0.25) is 0 Å². The van der Waals surface area contributed by atoms with Gasteiger partial charge in [-0.05, 0) is 64.2 Å². The molecule has 1 rings (SSSR count). The lowest BCUT2D eigenvalue weighted by atomic mass is 9.92. The molecule has 0 saturated carbocycles. The average molecular weight is 494 g/mol. The van der Waals surface area contributed by atoms with Gasteiger partial charge in [0, 0.05) is 12.2 Å². The third kappa shape index (κ3) is 10.6. The summed E-state index contributed by atoms with van der Waals surface area (Å²) in [4.78, 5) is 49.7. The van der Waals surface area contributed by atoms with Gasteiger partial charge in [0.1, 0.15) is 17.2 Å². The lowest BCUT2D eigenvalue weighted by molar-refractivity contribution is -0.132. The predicted octanol–water partition coefficient (Wildman–Crippen LogP) is 1.99. The van der Waals surface area contributed by atoms with Crippen LogP contribution in [0.25, 0.3) is 0 Å². The average Bonchev–Trinajstić information content (AvgIpc) is 2.74. The van der Waals surface area contributed by atoms with E-state index in [9.17, 15) is 24.3 Å². The van der Waals surface area contributed by atoms with Gasteiger partial charge >= 0.3 is 12.1 Å². The van der Waals surface area contributed by atoms with Crippen molar-refractivity contribution in [3.63, 3.8) is 0 Å². The fourth-order valence-electron chi connectivity index (χ4n) is 3.17. The summed E-state index contributed by atoms with van der Waals surface area (Å²) in [5.74, 6) is -1.33. The monoisotopic (exact) mass is 493 g/mol. The van der Waals surface area contributed by atoms with Crippen LogP contribution in [0.3, 0.4) is 0 Å². The Morgan fingerprint density at radius 3 is 2.14 bits per heavy atom. The van der Waals surface area contributed by atoms with Gasteiger partial charge in [-0.1, -0.05) is 26.0 Å². The summed E-state index contributed by atoms with van der Waals surface area (Å²) in [6, 6.07) is 4.97. The normalized spacial score (nSPS) is 13.8. The molecule has 5 amide bonds. The van der Waals surface area contributed by atoms with E-state index in [2.05, 4.69) is 21.3 Å². The molecule has 0 aliphatic rings. The van der Waals surface area contributed by atoms with Crippen molar-refractivity contribution < 1.29 is 29.0 Å². The van der Waals surface area contributed by atoms with Crippen molar-refractivity contribution in [2.75, 3.05) is 11.9 Å². The highest BCUT2D eigenvalue weighted by Crippen LogP contribution is 2.19. The number of aliphatic hydroxyl groups excluding tert-OH is 1. The van der Waals surface area contributed by atoms with E-state index < -0.39 is 41.1 Å². The first-order valence-electron chi connectivity index (χ1n) is 11.5. The van der Waals surface area contributed by atoms with Crippen molar-refractivity contribution in [1.82, 2.24) is 16.0 Å². The Bertz CT molecular complexity index is 881. The summed E-state index contributed by atoms with van der Waals surface area (Å²) in [5, 5.41) is 19.8. The molecular formula is C24H39N5O6. The van der Waals surface area contributed by atoms with Crippen LogP contribution in [0.4, 0.5) is 15.3 Å². The predicted molar refractivity (Wildman–Crippen MR) is 132 cm³/mol. The number of ether oxygens (including phenoxy) is 1. The van der Waals surface area contributed by atoms with Gasteiger partial charge in [-0.3, -0.25) is 9.59 Å². The molecule has 0 unspecified atom stereocenters. The maximum absolute atomic E-state index is 13.3. The standard InChI is InChI=1S/C24H39N5O6/c1-15(2)18(28-22(34)35-23(3,4)5)19(31)29-24(6,12-7-13-26-21(25)33)20(32)27-17-10-8-16(14-30)9-11-17/h8-11,15,18,30H,7,12-14H2,1-6H3,(H,27,32)(H,28,34)(H,29,31)(H3,25,26,33)/t18-,24+/m0/s1. The third-order valence-electron chi connectivity index (χ3n) is 5.07. The van der Waals surface area contributed by atoms with Crippen LogP contribution in [0.15, 0.2) is 24.3 Å². The van der Waals surface area contributed by atoms with Gasteiger partial charge in [0.25, 0.3) is 0 Å². The molecule has 0 aromatic heterocycles. The number of urea groups is 1. The Hall–Kier alpha value is -3.34. The fourth-order valence-corrected chi connectivity index (χ4v) is 3.17. The molecule has 35 heavy (non-hydrogen) atoms. The number of hydrogen-bond donors (Lipinski definition) is 6. The zero-order chi connectivity index (χ0) is 26.8. The van der Waals surface area contributed by atoms with Crippen molar-refractivity contribution in [2.45, 2.75) is 78.2 Å². The Balaban J connectivity index is 3.06. The Labute approximate surface area is 206 Å². The summed E-state index contributed by atoms with van der Waals surface area (Å²) in [6.45, 7) is 10.3. The maximum atomic E-state index is 13.3. The van der Waals surface area contributed by atoms with Gasteiger partial charge in [0.05, 0.1) is 6.61 Å². The summed E-state index contributed by atoms with van der Waals surface area (Å²) in [7, 11) is 0. The molecule has 0 spiro atoms. The summed E-state index contributed by atoms with van der Waals surface area (Å²) in [5.41, 5.74) is 4.15. The number of nitrogens with one attached hydrogen (secondary N) is 4. The first-order valence-corrected chi connectivity index (χ1v) is 11.5. The molecule has 0 saturated heterocycles. The van der Waals surface area contributed by atoms with E-state index in [1.165, 1.54) is 0 Å². The molecule has 2 atom stereocenters. The number of aliphatic hydroxyl groups is 1. The molecule has 0 fully saturated rings. The van der Waals surface area contributed by atoms with Gasteiger partial charge in [0.15, 0.2) is 0 Å². The smallest absolute Gasteiger partial charge is 0.408 e. The highest BCUT2D eigenvalue weighted by molar-refractivity contribution is 6.01. The number of nitrogens with two attached hydrogens (primary N) is 1. The van der Waals surface area contributed by atoms with Crippen molar-refractivity contribution >= 4 is 29.6 Å². The van der Waals surface area contributed by atoms with Crippen molar-refractivity contribution in [3.8, 4) is 0 Å². The molecule has 11 heteroatoms. The van der Waals surface area contributed by atoms with E-state index in [1.54, 1.807) is 65.8 Å². The minimum atomic E-state index is -1.38. The topological polar surface area (TPSA) is 172 Å². The van der Waals surface area contributed by atoms with Crippen LogP contribution >= 0.6 is 0 Å². The van der Waals surface area contributed by atoms with Crippen LogP contribution in [0.1, 0.15) is 59.9 Å². The van der Waals surface area contributed by atoms with E-state index in [1.807, 2.05) is 0 Å². The quantitative estimate of drug-likeness (QED) is 0.257. The number of primary amides is 1. The van der Waals surface area contributed by atoms with Crippen LogP contribution in [0.5, 0.6) is 0 Å². The Morgan fingerprint density at radius 2 is 1.66 bits per heavy atom. The maximum Gasteiger partial charge on any atom is 0.408 e. The molecule has 0 radical (unpaired) electrons. The van der Waals surface area contributed by atoms with Gasteiger partial charge in [-0.2, -0.15) is 0 Å². The van der Waals surface area contributed by atoms with E-state index in [4.69, 9.17) is 10.5 Å². The molecule has 7 N–H and O–H groups in total. The van der Waals surface area contributed by atoms with Gasteiger partial charge in [0.2, 0.25) is 11.8 Å². The second kappa shape index (κ2) is 12.9. The second-order valence-corrected chi connectivity index (χ2v) is 9.89. The number of benzene rings is 1. The lowest BCUT2D eigenvalue weighted by Gasteiger charge is -2.33. The molecule has 0 bridgehead atoms. The number of rotatable bonds is 11. The number of amides is 5. The fraction of sp³-hybridized carbons (Fsp3) is 0.583. The van der Waals surface area contributed by atoms with Crippen molar-refractivity contribution in [3.05, 3.63) is 29.8 Å². The third-order valence-corrected chi connectivity index (χ3v) is 5.07. The molecule has 196 valence electrons. The molecule has 0 aliphatic heterocycles. The summed E-state index contributed by atoms with van der Waals surface area (Å²) < 4.78 is 5.27. The Morgan fingerprint density at radius 1 is 1.06 bits per heavy atom. The molecule has 0 heterocycles. The Kier molecular flexibility index (Phi) is 11.0. The number of carbonyl (C=O) groups excluding carboxylic acids is 4. The minimum Gasteiger partial charge on any atom is -0.444 e. The SMILES string of the molecule is CC(C)[C@H](NC(=O)OC(C)(C)C)C(=O)N[C@](C)(CCCNC(N)=O)C(=O)Nc1ccc(CO)cc1. The minimum absolute atomic E-state index is 0.129. The number of anilines is 1. The summed E-state index contributed by atoms with van der Waals surface area (Å²) in [6.07, 6.45) is -0.216. The first-order chi connectivity index (χ1) is 16.2.